The number of carbonyl (C=O) groups is 1. The SMILES string of the molecule is CC1CCCC(C)N1C(=O)CC1CCOc2ccccc21. The number of hydrogen-bond donors (Lipinski definition) is 0. The molecule has 0 saturated carbocycles. The van der Waals surface area contributed by atoms with Crippen molar-refractivity contribution in [3.63, 3.8) is 0 Å². The summed E-state index contributed by atoms with van der Waals surface area (Å²) >= 11 is 0. The highest BCUT2D eigenvalue weighted by Crippen LogP contribution is 2.36. The predicted octanol–water partition coefficient (Wildman–Crippen LogP) is 3.73. The molecule has 2 aliphatic heterocycles. The third-order valence-corrected chi connectivity index (χ3v) is 4.99. The number of nitrogens with zero attached hydrogens (tertiary/aromatic N) is 1. The van der Waals surface area contributed by atoms with Crippen molar-refractivity contribution in [2.45, 2.75) is 64.0 Å². The van der Waals surface area contributed by atoms with E-state index in [0.29, 0.717) is 30.3 Å². The molecule has 3 unspecified atom stereocenters. The van der Waals surface area contributed by atoms with E-state index in [0.717, 1.165) is 31.6 Å². The van der Waals surface area contributed by atoms with E-state index in [1.165, 1.54) is 12.0 Å². The minimum absolute atomic E-state index is 0.309. The lowest BCUT2D eigenvalue weighted by Crippen LogP contribution is -2.47. The van der Waals surface area contributed by atoms with Crippen molar-refractivity contribution < 1.29 is 9.53 Å². The summed E-state index contributed by atoms with van der Waals surface area (Å²) in [6.07, 6.45) is 5.08. The van der Waals surface area contributed by atoms with Gasteiger partial charge in [0, 0.05) is 18.5 Å². The smallest absolute Gasteiger partial charge is 0.223 e. The fourth-order valence-corrected chi connectivity index (χ4v) is 3.86. The van der Waals surface area contributed by atoms with Gasteiger partial charge in [-0.2, -0.15) is 0 Å². The van der Waals surface area contributed by atoms with Gasteiger partial charge in [0.1, 0.15) is 5.75 Å². The average Bonchev–Trinajstić information content (AvgIpc) is 2.47. The fourth-order valence-electron chi connectivity index (χ4n) is 3.86. The molecule has 2 heterocycles. The molecule has 114 valence electrons. The van der Waals surface area contributed by atoms with Gasteiger partial charge >= 0.3 is 0 Å². The van der Waals surface area contributed by atoms with Crippen LogP contribution in [0.2, 0.25) is 0 Å². The first-order chi connectivity index (χ1) is 10.2. The van der Waals surface area contributed by atoms with Crippen molar-refractivity contribution in [2.75, 3.05) is 6.61 Å². The molecule has 1 saturated heterocycles. The molecule has 3 rings (SSSR count). The van der Waals surface area contributed by atoms with Crippen molar-refractivity contribution in [2.24, 2.45) is 0 Å². The molecular formula is C18H25NO2. The maximum Gasteiger partial charge on any atom is 0.223 e. The number of para-hydroxylation sites is 1. The number of benzene rings is 1. The summed E-state index contributed by atoms with van der Waals surface area (Å²) in [4.78, 5) is 14.9. The van der Waals surface area contributed by atoms with Crippen molar-refractivity contribution in [3.8, 4) is 5.75 Å². The Labute approximate surface area is 127 Å². The Morgan fingerprint density at radius 3 is 2.67 bits per heavy atom. The van der Waals surface area contributed by atoms with Gasteiger partial charge in [0.25, 0.3) is 0 Å². The molecule has 2 aliphatic rings. The lowest BCUT2D eigenvalue weighted by molar-refractivity contribution is -0.137. The number of hydrogen-bond acceptors (Lipinski definition) is 2. The number of amides is 1. The number of ether oxygens (including phenoxy) is 1. The first kappa shape index (κ1) is 14.4. The number of piperidine rings is 1. The topological polar surface area (TPSA) is 29.5 Å². The van der Waals surface area contributed by atoms with Gasteiger partial charge in [0.15, 0.2) is 0 Å². The van der Waals surface area contributed by atoms with Gasteiger partial charge in [-0.1, -0.05) is 18.2 Å². The normalized spacial score (nSPS) is 28.7. The second kappa shape index (κ2) is 6.08. The van der Waals surface area contributed by atoms with Crippen LogP contribution in [0.1, 0.15) is 57.4 Å². The predicted molar refractivity (Wildman–Crippen MR) is 83.5 cm³/mol. The van der Waals surface area contributed by atoms with Crippen LogP contribution in [-0.2, 0) is 4.79 Å². The molecule has 1 aromatic carbocycles. The first-order valence-electron chi connectivity index (χ1n) is 8.19. The van der Waals surface area contributed by atoms with Gasteiger partial charge in [-0.25, -0.2) is 0 Å². The van der Waals surface area contributed by atoms with Crippen molar-refractivity contribution >= 4 is 5.91 Å². The summed E-state index contributed by atoms with van der Waals surface area (Å²) in [7, 11) is 0. The highest BCUT2D eigenvalue weighted by Gasteiger charge is 2.31. The Morgan fingerprint density at radius 1 is 1.19 bits per heavy atom. The Morgan fingerprint density at radius 2 is 1.90 bits per heavy atom. The van der Waals surface area contributed by atoms with Crippen LogP contribution >= 0.6 is 0 Å². The third-order valence-electron chi connectivity index (χ3n) is 4.99. The van der Waals surface area contributed by atoms with Crippen molar-refractivity contribution in [1.82, 2.24) is 4.90 Å². The fraction of sp³-hybridized carbons (Fsp3) is 0.611. The molecule has 1 aromatic rings. The third kappa shape index (κ3) is 2.92. The summed E-state index contributed by atoms with van der Waals surface area (Å²) in [6.45, 7) is 5.09. The van der Waals surface area contributed by atoms with E-state index in [1.807, 2.05) is 18.2 Å². The number of fused-ring (bicyclic) bond motifs is 1. The lowest BCUT2D eigenvalue weighted by Gasteiger charge is -2.40. The van der Waals surface area contributed by atoms with Gasteiger partial charge in [-0.15, -0.1) is 0 Å². The van der Waals surface area contributed by atoms with Crippen LogP contribution in [0.15, 0.2) is 24.3 Å². The lowest BCUT2D eigenvalue weighted by atomic mass is 9.88. The molecule has 3 atom stereocenters. The van der Waals surface area contributed by atoms with Gasteiger partial charge in [0.05, 0.1) is 6.61 Å². The van der Waals surface area contributed by atoms with Crippen LogP contribution in [0, 0.1) is 0 Å². The van der Waals surface area contributed by atoms with Crippen LogP contribution in [-0.4, -0.2) is 29.5 Å². The molecule has 0 aliphatic carbocycles. The molecule has 1 fully saturated rings. The van der Waals surface area contributed by atoms with Crippen molar-refractivity contribution in [3.05, 3.63) is 29.8 Å². The summed E-state index contributed by atoms with van der Waals surface area (Å²) in [5.41, 5.74) is 1.20. The first-order valence-corrected chi connectivity index (χ1v) is 8.19. The quantitative estimate of drug-likeness (QED) is 0.829. The molecular weight excluding hydrogens is 262 g/mol. The maximum absolute atomic E-state index is 12.8. The van der Waals surface area contributed by atoms with E-state index < -0.39 is 0 Å². The molecule has 0 radical (unpaired) electrons. The summed E-state index contributed by atoms with van der Waals surface area (Å²) in [5.74, 6) is 1.58. The zero-order valence-electron chi connectivity index (χ0n) is 13.0. The maximum atomic E-state index is 12.8. The van der Waals surface area contributed by atoms with E-state index in [9.17, 15) is 4.79 Å². The summed E-state index contributed by atoms with van der Waals surface area (Å²) in [5, 5.41) is 0. The largest absolute Gasteiger partial charge is 0.493 e. The Hall–Kier alpha value is -1.51. The standard InChI is InChI=1S/C18H25NO2/c1-13-6-5-7-14(2)19(13)18(20)12-15-10-11-21-17-9-4-3-8-16(15)17/h3-4,8-9,13-15H,5-7,10-12H2,1-2H3. The van der Waals surface area contributed by atoms with Crippen LogP contribution in [0.5, 0.6) is 5.75 Å². The van der Waals surface area contributed by atoms with Gasteiger partial charge < -0.3 is 9.64 Å². The highest BCUT2D eigenvalue weighted by molar-refractivity contribution is 5.78. The Kier molecular flexibility index (Phi) is 4.18. The molecule has 0 spiro atoms. The second-order valence-electron chi connectivity index (χ2n) is 6.51. The number of likely N-dealkylation sites (tertiary alicyclic amines) is 1. The second-order valence-corrected chi connectivity index (χ2v) is 6.51. The Balaban J connectivity index is 1.73. The Bertz CT molecular complexity index is 504. The summed E-state index contributed by atoms with van der Waals surface area (Å²) < 4.78 is 5.70. The molecule has 3 heteroatoms. The van der Waals surface area contributed by atoms with Crippen LogP contribution in [0.25, 0.3) is 0 Å². The number of carbonyl (C=O) groups excluding carboxylic acids is 1. The highest BCUT2D eigenvalue weighted by atomic mass is 16.5. The van der Waals surface area contributed by atoms with Gasteiger partial charge in [-0.05, 0) is 57.1 Å². The van der Waals surface area contributed by atoms with E-state index >= 15 is 0 Å². The van der Waals surface area contributed by atoms with E-state index in [2.05, 4.69) is 24.8 Å². The van der Waals surface area contributed by atoms with E-state index in [-0.39, 0.29) is 0 Å². The van der Waals surface area contributed by atoms with Crippen LogP contribution < -0.4 is 4.74 Å². The molecule has 1 amide bonds. The van der Waals surface area contributed by atoms with Gasteiger partial charge in [0.2, 0.25) is 5.91 Å². The minimum atomic E-state index is 0.309. The zero-order valence-corrected chi connectivity index (χ0v) is 13.0. The molecule has 21 heavy (non-hydrogen) atoms. The van der Waals surface area contributed by atoms with E-state index in [4.69, 9.17) is 4.74 Å². The molecule has 3 nitrogen and oxygen atoms in total. The van der Waals surface area contributed by atoms with Crippen molar-refractivity contribution in [1.29, 1.82) is 0 Å². The molecule has 0 aromatic heterocycles. The van der Waals surface area contributed by atoms with Gasteiger partial charge in [-0.3, -0.25) is 4.79 Å². The molecule has 0 N–H and O–H groups in total. The monoisotopic (exact) mass is 287 g/mol. The van der Waals surface area contributed by atoms with Crippen LogP contribution in [0.4, 0.5) is 0 Å². The molecule has 0 bridgehead atoms. The number of rotatable bonds is 2. The van der Waals surface area contributed by atoms with Crippen LogP contribution in [0.3, 0.4) is 0 Å². The minimum Gasteiger partial charge on any atom is -0.493 e. The zero-order chi connectivity index (χ0) is 14.8. The average molecular weight is 287 g/mol. The van der Waals surface area contributed by atoms with E-state index in [1.54, 1.807) is 0 Å². The summed E-state index contributed by atoms with van der Waals surface area (Å²) in [6, 6.07) is 8.93.